The molecule has 1 heterocycles. The van der Waals surface area contributed by atoms with E-state index in [0.717, 1.165) is 23.5 Å². The van der Waals surface area contributed by atoms with Gasteiger partial charge in [0.15, 0.2) is 5.78 Å². The van der Waals surface area contributed by atoms with E-state index in [1.807, 2.05) is 30.3 Å². The summed E-state index contributed by atoms with van der Waals surface area (Å²) in [5.41, 5.74) is 4.42. The molecule has 2 aromatic carbocycles. The van der Waals surface area contributed by atoms with Crippen LogP contribution in [0, 0.1) is 15.5 Å². The van der Waals surface area contributed by atoms with Crippen molar-refractivity contribution in [1.82, 2.24) is 0 Å². The van der Waals surface area contributed by atoms with Gasteiger partial charge in [0.25, 0.3) is 5.69 Å². The van der Waals surface area contributed by atoms with Crippen LogP contribution in [0.1, 0.15) is 38.3 Å². The van der Waals surface area contributed by atoms with Crippen LogP contribution in [0.15, 0.2) is 53.7 Å². The third-order valence-electron chi connectivity index (χ3n) is 5.73. The molecule has 0 saturated carbocycles. The van der Waals surface area contributed by atoms with Crippen molar-refractivity contribution in [2.45, 2.75) is 32.7 Å². The molecule has 0 fully saturated rings. The Labute approximate surface area is 175 Å². The molecule has 0 radical (unpaired) electrons. The highest BCUT2D eigenvalue weighted by molar-refractivity contribution is 6.01. The lowest BCUT2D eigenvalue weighted by Gasteiger charge is -2.34. The van der Waals surface area contributed by atoms with Gasteiger partial charge in [0.1, 0.15) is 5.69 Å². The molecule has 2 aromatic rings. The number of benzene rings is 2. The molecule has 156 valence electrons. The number of nitrogens with one attached hydrogen (secondary N) is 2. The number of nitro groups is 1. The molecule has 1 aliphatic carbocycles. The smallest absolute Gasteiger partial charge is 0.292 e. The summed E-state index contributed by atoms with van der Waals surface area (Å²) in [5.74, 6) is 0.0680. The summed E-state index contributed by atoms with van der Waals surface area (Å²) in [6, 6.07) is 12.5. The Morgan fingerprint density at radius 3 is 2.47 bits per heavy atom. The predicted octanol–water partition coefficient (Wildman–Crippen LogP) is 4.88. The fraction of sp³-hybridized carbons (Fsp3) is 0.348. The van der Waals surface area contributed by atoms with Crippen LogP contribution in [0.2, 0.25) is 0 Å². The molecule has 7 nitrogen and oxygen atoms in total. The summed E-state index contributed by atoms with van der Waals surface area (Å²) in [7, 11) is 3.55. The van der Waals surface area contributed by atoms with Gasteiger partial charge in [-0.3, -0.25) is 14.9 Å². The van der Waals surface area contributed by atoms with E-state index in [4.69, 9.17) is 0 Å². The average molecular weight is 406 g/mol. The van der Waals surface area contributed by atoms with Crippen molar-refractivity contribution >= 4 is 28.5 Å². The largest absolute Gasteiger partial charge is 0.372 e. The van der Waals surface area contributed by atoms with Crippen LogP contribution in [0.25, 0.3) is 0 Å². The molecule has 1 aliphatic heterocycles. The Morgan fingerprint density at radius 2 is 1.80 bits per heavy atom. The van der Waals surface area contributed by atoms with Crippen LogP contribution >= 0.6 is 0 Å². The number of hydrogen-bond donors (Lipinski definition) is 2. The number of carbonyl (C=O) groups is 1. The average Bonchev–Trinajstić information content (AvgIpc) is 2.82. The number of allylic oxidation sites excluding steroid dienone is 1. The zero-order chi connectivity index (χ0) is 21.6. The van der Waals surface area contributed by atoms with Crippen molar-refractivity contribution in [3.05, 3.63) is 69.4 Å². The normalized spacial score (nSPS) is 19.7. The van der Waals surface area contributed by atoms with Crippen molar-refractivity contribution in [2.75, 3.05) is 29.6 Å². The predicted molar refractivity (Wildman–Crippen MR) is 119 cm³/mol. The molecule has 7 heteroatoms. The molecule has 0 bridgehead atoms. The highest BCUT2D eigenvalue weighted by atomic mass is 16.6. The minimum Gasteiger partial charge on any atom is -0.372 e. The van der Waals surface area contributed by atoms with E-state index < -0.39 is 6.04 Å². The quantitative estimate of drug-likeness (QED) is 0.558. The summed E-state index contributed by atoms with van der Waals surface area (Å²) >= 11 is 0. The van der Waals surface area contributed by atoms with Crippen molar-refractivity contribution < 1.29 is 9.72 Å². The van der Waals surface area contributed by atoms with Gasteiger partial charge in [-0.25, -0.2) is 0 Å². The summed E-state index contributed by atoms with van der Waals surface area (Å²) in [4.78, 5) is 26.3. The maximum absolute atomic E-state index is 13.2. The number of ketones is 1. The van der Waals surface area contributed by atoms with Crippen LogP contribution in [0.5, 0.6) is 0 Å². The van der Waals surface area contributed by atoms with Crippen molar-refractivity contribution in [3.63, 3.8) is 0 Å². The SMILES string of the molecule is CN(C)c1ccc(C2Nc3ccccc3NC3=C2C(=O)CC(C)(C)C3)cc1[N+](=O)[O-]. The van der Waals surface area contributed by atoms with E-state index in [9.17, 15) is 14.9 Å². The third-order valence-corrected chi connectivity index (χ3v) is 5.73. The van der Waals surface area contributed by atoms with E-state index in [1.165, 1.54) is 0 Å². The topological polar surface area (TPSA) is 87.5 Å². The maximum atomic E-state index is 13.2. The Hall–Kier alpha value is -3.35. The Bertz CT molecular complexity index is 1070. The first-order valence-electron chi connectivity index (χ1n) is 10.0. The molecule has 1 atom stereocenters. The number of carbonyl (C=O) groups excluding carboxylic acids is 1. The van der Waals surface area contributed by atoms with Crippen LogP contribution < -0.4 is 15.5 Å². The number of nitro benzene ring substituents is 1. The lowest BCUT2D eigenvalue weighted by molar-refractivity contribution is -0.384. The number of Topliss-reactive ketones (excluding diaryl/α,β-unsaturated/α-hetero) is 1. The lowest BCUT2D eigenvalue weighted by atomic mass is 9.73. The second-order valence-electron chi connectivity index (χ2n) is 8.98. The lowest BCUT2D eigenvalue weighted by Crippen LogP contribution is -2.31. The van der Waals surface area contributed by atoms with E-state index in [0.29, 0.717) is 23.2 Å². The van der Waals surface area contributed by atoms with Gasteiger partial charge in [-0.2, -0.15) is 0 Å². The van der Waals surface area contributed by atoms with Crippen molar-refractivity contribution in [1.29, 1.82) is 0 Å². The monoisotopic (exact) mass is 406 g/mol. The Balaban J connectivity index is 1.90. The van der Waals surface area contributed by atoms with Crippen LogP contribution in [-0.4, -0.2) is 24.8 Å². The minimum absolute atomic E-state index is 0.0236. The molecule has 1 unspecified atom stereocenters. The molecule has 4 rings (SSSR count). The minimum atomic E-state index is -0.463. The molecule has 30 heavy (non-hydrogen) atoms. The van der Waals surface area contributed by atoms with Gasteiger partial charge in [0, 0.05) is 37.9 Å². The molecular weight excluding hydrogens is 380 g/mol. The van der Waals surface area contributed by atoms with Gasteiger partial charge in [-0.1, -0.05) is 32.0 Å². The first-order valence-corrected chi connectivity index (χ1v) is 10.0. The van der Waals surface area contributed by atoms with Gasteiger partial charge >= 0.3 is 0 Å². The van der Waals surface area contributed by atoms with E-state index in [-0.39, 0.29) is 21.8 Å². The fourth-order valence-electron chi connectivity index (χ4n) is 4.38. The molecule has 0 saturated heterocycles. The van der Waals surface area contributed by atoms with Crippen molar-refractivity contribution in [3.8, 4) is 0 Å². The molecular formula is C23H26N4O3. The van der Waals surface area contributed by atoms with Gasteiger partial charge < -0.3 is 15.5 Å². The zero-order valence-corrected chi connectivity index (χ0v) is 17.7. The van der Waals surface area contributed by atoms with Crippen molar-refractivity contribution in [2.24, 2.45) is 5.41 Å². The number of anilines is 3. The van der Waals surface area contributed by atoms with Crippen LogP contribution in [0.4, 0.5) is 22.7 Å². The van der Waals surface area contributed by atoms with Gasteiger partial charge in [0.2, 0.25) is 0 Å². The Kier molecular flexibility index (Phi) is 4.76. The van der Waals surface area contributed by atoms with E-state index in [1.54, 1.807) is 31.1 Å². The highest BCUT2D eigenvalue weighted by Gasteiger charge is 2.39. The van der Waals surface area contributed by atoms with Gasteiger partial charge in [-0.15, -0.1) is 0 Å². The zero-order valence-electron chi connectivity index (χ0n) is 17.7. The first kappa shape index (κ1) is 19.9. The number of rotatable bonds is 3. The number of fused-ring (bicyclic) bond motifs is 1. The second kappa shape index (κ2) is 7.16. The van der Waals surface area contributed by atoms with Crippen LogP contribution in [-0.2, 0) is 4.79 Å². The summed E-state index contributed by atoms with van der Waals surface area (Å²) in [6.07, 6.45) is 1.18. The number of para-hydroxylation sites is 2. The summed E-state index contributed by atoms with van der Waals surface area (Å²) < 4.78 is 0. The first-order chi connectivity index (χ1) is 14.2. The fourth-order valence-corrected chi connectivity index (χ4v) is 4.38. The van der Waals surface area contributed by atoms with Gasteiger partial charge in [0.05, 0.1) is 22.3 Å². The summed E-state index contributed by atoms with van der Waals surface area (Å²) in [5, 5.41) is 18.7. The highest BCUT2D eigenvalue weighted by Crippen LogP contribution is 2.46. The van der Waals surface area contributed by atoms with E-state index in [2.05, 4.69) is 24.5 Å². The van der Waals surface area contributed by atoms with Crippen LogP contribution in [0.3, 0.4) is 0 Å². The number of nitrogens with zero attached hydrogens (tertiary/aromatic N) is 2. The molecule has 0 amide bonds. The molecule has 2 aliphatic rings. The molecule has 2 N–H and O–H groups in total. The second-order valence-corrected chi connectivity index (χ2v) is 8.98. The summed E-state index contributed by atoms with van der Waals surface area (Å²) in [6.45, 7) is 4.18. The number of hydrogen-bond acceptors (Lipinski definition) is 6. The third kappa shape index (κ3) is 3.51. The van der Waals surface area contributed by atoms with Gasteiger partial charge in [-0.05, 0) is 35.6 Å². The Morgan fingerprint density at radius 1 is 1.10 bits per heavy atom. The maximum Gasteiger partial charge on any atom is 0.292 e. The standard InChI is InChI=1S/C23H26N4O3/c1-23(2)12-17-21(20(28)13-23)22(25-16-8-6-5-7-15(16)24-17)14-9-10-18(26(3)4)19(11-14)27(29)30/h5-11,22,24-25H,12-13H2,1-4H3. The molecule has 0 aromatic heterocycles. The molecule has 0 spiro atoms. The van der Waals surface area contributed by atoms with E-state index >= 15 is 0 Å².